The Morgan fingerprint density at radius 1 is 0.913 bits per heavy atom. The Labute approximate surface area is 144 Å². The molecule has 2 aromatic carbocycles. The van der Waals surface area contributed by atoms with Crippen LogP contribution in [0.5, 0.6) is 0 Å². The number of hydrogen-bond acceptors (Lipinski definition) is 3. The van der Waals surface area contributed by atoms with Crippen molar-refractivity contribution in [2.45, 2.75) is 0 Å². The maximum atomic E-state index is 13.1. The number of anilines is 2. The van der Waals surface area contributed by atoms with Crippen LogP contribution in [0.2, 0.25) is 5.15 Å². The highest BCUT2D eigenvalue weighted by Crippen LogP contribution is 2.28. The molecule has 0 aliphatic rings. The number of benzene rings is 2. The van der Waals surface area contributed by atoms with Gasteiger partial charge in [0.25, 0.3) is 0 Å². The Morgan fingerprint density at radius 3 is 2.30 bits per heavy atom. The van der Waals surface area contributed by atoms with Crippen molar-refractivity contribution in [3.63, 3.8) is 0 Å². The molecular formula is C16H9BrClF2N3. The molecule has 116 valence electrons. The molecule has 1 aromatic heterocycles. The minimum absolute atomic E-state index is 0.236. The molecule has 0 radical (unpaired) electrons. The second-order valence-corrected chi connectivity index (χ2v) is 5.90. The third-order valence-electron chi connectivity index (χ3n) is 2.99. The Morgan fingerprint density at radius 2 is 1.61 bits per heavy atom. The summed E-state index contributed by atoms with van der Waals surface area (Å²) >= 11 is 9.30. The molecule has 0 unspecified atom stereocenters. The van der Waals surface area contributed by atoms with E-state index in [1.165, 1.54) is 24.3 Å². The molecule has 0 saturated carbocycles. The lowest BCUT2D eigenvalue weighted by atomic mass is 10.2. The third-order valence-corrected chi connectivity index (χ3v) is 3.84. The quantitative estimate of drug-likeness (QED) is 0.587. The second-order valence-electron chi connectivity index (χ2n) is 4.66. The highest BCUT2D eigenvalue weighted by Gasteiger charge is 2.08. The second kappa shape index (κ2) is 6.60. The zero-order valence-electron chi connectivity index (χ0n) is 11.5. The van der Waals surface area contributed by atoms with Crippen LogP contribution in [0.1, 0.15) is 0 Å². The summed E-state index contributed by atoms with van der Waals surface area (Å²) in [6, 6.07) is 11.6. The predicted octanol–water partition coefficient (Wildman–Crippen LogP) is 5.58. The van der Waals surface area contributed by atoms with Crippen LogP contribution < -0.4 is 5.32 Å². The summed E-state index contributed by atoms with van der Waals surface area (Å²) in [6.45, 7) is 0. The van der Waals surface area contributed by atoms with E-state index in [2.05, 4.69) is 31.2 Å². The van der Waals surface area contributed by atoms with Crippen molar-refractivity contribution in [2.24, 2.45) is 0 Å². The van der Waals surface area contributed by atoms with Gasteiger partial charge in [0.1, 0.15) is 22.6 Å². The smallest absolute Gasteiger partial charge is 0.163 e. The van der Waals surface area contributed by atoms with Gasteiger partial charge in [-0.3, -0.25) is 0 Å². The molecule has 7 heteroatoms. The molecule has 1 N–H and O–H groups in total. The lowest BCUT2D eigenvalue weighted by molar-refractivity contribution is 0.627. The van der Waals surface area contributed by atoms with E-state index >= 15 is 0 Å². The number of aromatic nitrogens is 2. The van der Waals surface area contributed by atoms with Crippen molar-refractivity contribution in [1.82, 2.24) is 9.97 Å². The number of halogens is 4. The van der Waals surface area contributed by atoms with E-state index in [1.54, 1.807) is 24.3 Å². The molecular weight excluding hydrogens is 388 g/mol. The summed E-state index contributed by atoms with van der Waals surface area (Å²) in [6.07, 6.45) is 0. The Balaban J connectivity index is 1.95. The maximum absolute atomic E-state index is 13.1. The summed E-state index contributed by atoms with van der Waals surface area (Å²) in [4.78, 5) is 8.48. The van der Waals surface area contributed by atoms with E-state index in [0.29, 0.717) is 27.4 Å². The first-order valence-electron chi connectivity index (χ1n) is 6.54. The van der Waals surface area contributed by atoms with Gasteiger partial charge in [-0.1, -0.05) is 11.6 Å². The fraction of sp³-hybridized carbons (Fsp3) is 0. The molecule has 1 heterocycles. The molecule has 0 bridgehead atoms. The minimum Gasteiger partial charge on any atom is -0.339 e. The summed E-state index contributed by atoms with van der Waals surface area (Å²) < 4.78 is 26.7. The average molecular weight is 397 g/mol. The van der Waals surface area contributed by atoms with E-state index in [1.807, 2.05) is 0 Å². The average Bonchev–Trinajstić information content (AvgIpc) is 2.50. The molecule has 0 saturated heterocycles. The van der Waals surface area contributed by atoms with Crippen LogP contribution in [0, 0.1) is 11.6 Å². The third kappa shape index (κ3) is 3.83. The summed E-state index contributed by atoms with van der Waals surface area (Å²) in [5, 5.41) is 3.27. The van der Waals surface area contributed by atoms with Crippen molar-refractivity contribution < 1.29 is 8.78 Å². The largest absolute Gasteiger partial charge is 0.339 e. The first-order valence-corrected chi connectivity index (χ1v) is 7.71. The van der Waals surface area contributed by atoms with Crippen LogP contribution in [0.4, 0.5) is 20.3 Å². The Bertz CT molecular complexity index is 856. The molecule has 0 aliphatic heterocycles. The van der Waals surface area contributed by atoms with E-state index in [0.717, 1.165) is 0 Å². The number of nitrogens with one attached hydrogen (secondary N) is 1. The standard InChI is InChI=1S/C16H9BrClF2N3/c17-12-7-11(20)5-6-13(12)21-15-8-14(18)22-16(23-15)9-1-3-10(19)4-2-9/h1-8H,(H,21,22,23). The first-order chi connectivity index (χ1) is 11.0. The lowest BCUT2D eigenvalue weighted by Gasteiger charge is -2.10. The molecule has 0 fully saturated rings. The SMILES string of the molecule is Fc1ccc(-c2nc(Cl)cc(Nc3ccc(F)cc3Br)n2)cc1. The van der Waals surface area contributed by atoms with Crippen molar-refractivity contribution in [1.29, 1.82) is 0 Å². The van der Waals surface area contributed by atoms with Crippen LogP contribution >= 0.6 is 27.5 Å². The van der Waals surface area contributed by atoms with Crippen LogP contribution in [0.15, 0.2) is 53.0 Å². The molecule has 0 spiro atoms. The van der Waals surface area contributed by atoms with E-state index in [9.17, 15) is 8.78 Å². The lowest BCUT2D eigenvalue weighted by Crippen LogP contribution is -1.98. The van der Waals surface area contributed by atoms with Gasteiger partial charge in [-0.15, -0.1) is 0 Å². The molecule has 0 atom stereocenters. The van der Waals surface area contributed by atoms with Crippen molar-refractivity contribution in [3.8, 4) is 11.4 Å². The van der Waals surface area contributed by atoms with Crippen LogP contribution in [0.25, 0.3) is 11.4 Å². The highest BCUT2D eigenvalue weighted by atomic mass is 79.9. The van der Waals surface area contributed by atoms with E-state index in [-0.39, 0.29) is 16.8 Å². The van der Waals surface area contributed by atoms with Crippen LogP contribution in [-0.4, -0.2) is 9.97 Å². The monoisotopic (exact) mass is 395 g/mol. The van der Waals surface area contributed by atoms with Gasteiger partial charge in [0.05, 0.1) is 5.69 Å². The maximum Gasteiger partial charge on any atom is 0.163 e. The van der Waals surface area contributed by atoms with Crippen LogP contribution in [-0.2, 0) is 0 Å². The molecule has 23 heavy (non-hydrogen) atoms. The van der Waals surface area contributed by atoms with Crippen molar-refractivity contribution >= 4 is 39.0 Å². The normalized spacial score (nSPS) is 10.6. The van der Waals surface area contributed by atoms with Gasteiger partial charge in [-0.25, -0.2) is 18.7 Å². The van der Waals surface area contributed by atoms with Crippen molar-refractivity contribution in [3.05, 3.63) is 69.8 Å². The molecule has 3 nitrogen and oxygen atoms in total. The predicted molar refractivity (Wildman–Crippen MR) is 89.8 cm³/mol. The zero-order chi connectivity index (χ0) is 16.4. The molecule has 0 amide bonds. The van der Waals surface area contributed by atoms with E-state index in [4.69, 9.17) is 11.6 Å². The van der Waals surface area contributed by atoms with Gasteiger partial charge >= 0.3 is 0 Å². The Kier molecular flexibility index (Phi) is 4.54. The molecule has 0 aliphatic carbocycles. The van der Waals surface area contributed by atoms with Gasteiger partial charge in [-0.05, 0) is 58.4 Å². The van der Waals surface area contributed by atoms with Gasteiger partial charge in [0.15, 0.2) is 5.82 Å². The molecule has 3 rings (SSSR count). The fourth-order valence-corrected chi connectivity index (χ4v) is 2.57. The topological polar surface area (TPSA) is 37.8 Å². The number of nitrogens with zero attached hydrogens (tertiary/aromatic N) is 2. The summed E-state index contributed by atoms with van der Waals surface area (Å²) in [5.74, 6) is 0.106. The first kappa shape index (κ1) is 15.8. The van der Waals surface area contributed by atoms with Gasteiger partial charge in [0, 0.05) is 16.1 Å². The number of rotatable bonds is 3. The van der Waals surface area contributed by atoms with Gasteiger partial charge in [0.2, 0.25) is 0 Å². The zero-order valence-corrected chi connectivity index (χ0v) is 13.9. The van der Waals surface area contributed by atoms with E-state index < -0.39 is 0 Å². The summed E-state index contributed by atoms with van der Waals surface area (Å²) in [5.41, 5.74) is 1.27. The minimum atomic E-state index is -0.352. The highest BCUT2D eigenvalue weighted by molar-refractivity contribution is 9.10. The van der Waals surface area contributed by atoms with Crippen LogP contribution in [0.3, 0.4) is 0 Å². The van der Waals surface area contributed by atoms with Gasteiger partial charge in [-0.2, -0.15) is 0 Å². The fourth-order valence-electron chi connectivity index (χ4n) is 1.94. The molecule has 3 aromatic rings. The Hall–Kier alpha value is -2.05. The number of hydrogen-bond donors (Lipinski definition) is 1. The van der Waals surface area contributed by atoms with Crippen molar-refractivity contribution in [2.75, 3.05) is 5.32 Å². The summed E-state index contributed by atoms with van der Waals surface area (Å²) in [7, 11) is 0. The van der Waals surface area contributed by atoms with Gasteiger partial charge < -0.3 is 5.32 Å².